The third-order valence-corrected chi connectivity index (χ3v) is 5.37. The molecule has 0 radical (unpaired) electrons. The van der Waals surface area contributed by atoms with Crippen molar-refractivity contribution in [1.29, 1.82) is 5.26 Å². The minimum absolute atomic E-state index is 0.615. The molecule has 0 saturated heterocycles. The van der Waals surface area contributed by atoms with E-state index in [1.807, 2.05) is 6.07 Å². The predicted molar refractivity (Wildman–Crippen MR) is 93.3 cm³/mol. The van der Waals surface area contributed by atoms with Crippen LogP contribution in [-0.4, -0.2) is 0 Å². The molecular weight excluding hydrogens is 435 g/mol. The number of nitrogens with two attached hydrogens (primary N) is 1. The van der Waals surface area contributed by atoms with Crippen LogP contribution in [0.2, 0.25) is 0 Å². The van der Waals surface area contributed by atoms with Gasteiger partial charge in [-0.1, -0.05) is 29.3 Å². The van der Waals surface area contributed by atoms with E-state index in [4.69, 9.17) is 11.0 Å². The Morgan fingerprint density at radius 1 is 1.47 bits per heavy atom. The summed E-state index contributed by atoms with van der Waals surface area (Å²) in [5, 5.41) is 9.16. The van der Waals surface area contributed by atoms with Crippen LogP contribution >= 0.6 is 49.9 Å². The third kappa shape index (κ3) is 2.96. The summed E-state index contributed by atoms with van der Waals surface area (Å²) in [4.78, 5) is 1.73. The zero-order chi connectivity index (χ0) is 14.0. The lowest BCUT2D eigenvalue weighted by Crippen LogP contribution is -1.93. The molecule has 98 valence electrons. The second-order valence-corrected chi connectivity index (χ2v) is 7.26. The number of hydrogen-bond donors (Lipinski definition) is 1. The van der Waals surface area contributed by atoms with Gasteiger partial charge in [-0.05, 0) is 52.8 Å². The van der Waals surface area contributed by atoms with Gasteiger partial charge in [-0.15, -0.1) is 11.3 Å². The number of hydrogen-bond acceptors (Lipinski definition) is 3. The van der Waals surface area contributed by atoms with E-state index in [2.05, 4.69) is 63.6 Å². The molecule has 2 N–H and O–H groups in total. The normalized spacial score (nSPS) is 10.4. The number of halogens is 2. The molecular formula is C14H12BrIN2S. The number of benzene rings is 1. The Balaban J connectivity index is 2.67. The summed E-state index contributed by atoms with van der Waals surface area (Å²) in [7, 11) is 0. The van der Waals surface area contributed by atoms with Crippen LogP contribution in [0.15, 0.2) is 22.7 Å². The maximum absolute atomic E-state index is 9.16. The molecule has 2 aromatic rings. The van der Waals surface area contributed by atoms with Crippen molar-refractivity contribution in [2.45, 2.75) is 19.8 Å². The monoisotopic (exact) mass is 446 g/mol. The molecule has 5 heteroatoms. The maximum Gasteiger partial charge on any atom is 0.128 e. The summed E-state index contributed by atoms with van der Waals surface area (Å²) in [6, 6.07) is 8.40. The molecule has 2 nitrogen and oxygen atoms in total. The first-order valence-corrected chi connectivity index (χ1v) is 8.54. The van der Waals surface area contributed by atoms with Gasteiger partial charge < -0.3 is 5.73 Å². The van der Waals surface area contributed by atoms with Gasteiger partial charge in [0, 0.05) is 18.5 Å². The van der Waals surface area contributed by atoms with Crippen LogP contribution < -0.4 is 5.73 Å². The number of anilines is 1. The van der Waals surface area contributed by atoms with Crippen LogP contribution in [0.4, 0.5) is 5.69 Å². The first kappa shape index (κ1) is 14.8. The molecule has 1 heterocycles. The second-order valence-electron chi connectivity index (χ2n) is 4.14. The summed E-state index contributed by atoms with van der Waals surface area (Å²) >= 11 is 7.36. The molecule has 0 saturated carbocycles. The molecule has 0 aliphatic carbocycles. The number of nitriles is 1. The van der Waals surface area contributed by atoms with E-state index in [0.717, 1.165) is 33.3 Å². The largest absolute Gasteiger partial charge is 0.397 e. The van der Waals surface area contributed by atoms with Crippen LogP contribution in [0.3, 0.4) is 0 Å². The van der Waals surface area contributed by atoms with Gasteiger partial charge in [-0.3, -0.25) is 0 Å². The van der Waals surface area contributed by atoms with Crippen LogP contribution in [0.5, 0.6) is 0 Å². The van der Waals surface area contributed by atoms with Crippen LogP contribution in [0.1, 0.15) is 23.8 Å². The fourth-order valence-electron chi connectivity index (χ4n) is 1.95. The Bertz CT molecular complexity index is 658. The highest BCUT2D eigenvalue weighted by molar-refractivity contribution is 14.1. The van der Waals surface area contributed by atoms with Crippen LogP contribution in [0.25, 0.3) is 10.4 Å². The van der Waals surface area contributed by atoms with Crippen molar-refractivity contribution < 1.29 is 0 Å². The minimum atomic E-state index is 0.615. The number of thiophene rings is 1. The van der Waals surface area contributed by atoms with E-state index < -0.39 is 0 Å². The second kappa shape index (κ2) is 6.25. The highest BCUT2D eigenvalue weighted by atomic mass is 127. The molecule has 0 atom stereocenters. The fourth-order valence-corrected chi connectivity index (χ4v) is 4.11. The van der Waals surface area contributed by atoms with E-state index in [0.29, 0.717) is 10.6 Å². The van der Waals surface area contributed by atoms with Crippen LogP contribution in [-0.2, 0) is 6.42 Å². The van der Waals surface area contributed by atoms with Gasteiger partial charge in [0.1, 0.15) is 10.9 Å². The molecule has 1 aromatic carbocycles. The molecule has 19 heavy (non-hydrogen) atoms. The molecule has 0 amide bonds. The molecule has 0 aliphatic heterocycles. The molecule has 0 unspecified atom stereocenters. The Morgan fingerprint density at radius 3 is 2.84 bits per heavy atom. The summed E-state index contributed by atoms with van der Waals surface area (Å²) in [5.74, 6) is 0. The summed E-state index contributed by atoms with van der Waals surface area (Å²) < 4.78 is 2.21. The van der Waals surface area contributed by atoms with Gasteiger partial charge in [0.05, 0.1) is 5.69 Å². The lowest BCUT2D eigenvalue weighted by molar-refractivity contribution is 0.930. The third-order valence-electron chi connectivity index (χ3n) is 2.82. The summed E-state index contributed by atoms with van der Waals surface area (Å²) in [6.45, 7) is 2.12. The van der Waals surface area contributed by atoms with Gasteiger partial charge in [0.25, 0.3) is 0 Å². The van der Waals surface area contributed by atoms with Gasteiger partial charge in [0.15, 0.2) is 0 Å². The Labute approximate surface area is 138 Å². The molecule has 0 aliphatic rings. The molecule has 1 aromatic heterocycles. The SMILES string of the molecule is CCCc1c(-c2cc(I)ccc2Br)sc(C#N)c1N. The van der Waals surface area contributed by atoms with Gasteiger partial charge in [-0.2, -0.15) is 5.26 Å². The predicted octanol–water partition coefficient (Wildman–Crippen LogP) is 5.19. The van der Waals surface area contributed by atoms with E-state index in [-0.39, 0.29) is 0 Å². The Morgan fingerprint density at radius 2 is 2.21 bits per heavy atom. The summed E-state index contributed by atoms with van der Waals surface area (Å²) in [6.07, 6.45) is 1.91. The smallest absolute Gasteiger partial charge is 0.128 e. The maximum atomic E-state index is 9.16. The Kier molecular flexibility index (Phi) is 4.87. The van der Waals surface area contributed by atoms with E-state index in [1.54, 1.807) is 0 Å². The lowest BCUT2D eigenvalue weighted by atomic mass is 10.0. The zero-order valence-corrected chi connectivity index (χ0v) is 14.9. The lowest BCUT2D eigenvalue weighted by Gasteiger charge is -2.07. The number of rotatable bonds is 3. The van der Waals surface area contributed by atoms with Crippen molar-refractivity contribution in [3.8, 4) is 16.5 Å². The van der Waals surface area contributed by atoms with Crippen molar-refractivity contribution in [2.24, 2.45) is 0 Å². The highest BCUT2D eigenvalue weighted by Gasteiger charge is 2.18. The van der Waals surface area contributed by atoms with Crippen molar-refractivity contribution in [2.75, 3.05) is 5.73 Å². The first-order valence-electron chi connectivity index (χ1n) is 5.85. The zero-order valence-electron chi connectivity index (χ0n) is 10.3. The molecule has 0 spiro atoms. The molecule has 2 rings (SSSR count). The minimum Gasteiger partial charge on any atom is -0.397 e. The van der Waals surface area contributed by atoms with E-state index in [1.165, 1.54) is 14.9 Å². The Hall–Kier alpha value is -0.580. The van der Waals surface area contributed by atoms with Crippen molar-refractivity contribution in [3.63, 3.8) is 0 Å². The van der Waals surface area contributed by atoms with E-state index in [9.17, 15) is 0 Å². The number of nitrogens with zero attached hydrogens (tertiary/aromatic N) is 1. The average molecular weight is 447 g/mol. The number of nitrogen functional groups attached to an aromatic ring is 1. The van der Waals surface area contributed by atoms with Crippen molar-refractivity contribution in [1.82, 2.24) is 0 Å². The molecule has 0 fully saturated rings. The summed E-state index contributed by atoms with van der Waals surface area (Å²) in [5.41, 5.74) is 8.97. The highest BCUT2D eigenvalue weighted by Crippen LogP contribution is 2.42. The van der Waals surface area contributed by atoms with Gasteiger partial charge in [-0.25, -0.2) is 0 Å². The molecule has 0 bridgehead atoms. The average Bonchev–Trinajstić information content (AvgIpc) is 2.70. The van der Waals surface area contributed by atoms with Gasteiger partial charge >= 0.3 is 0 Å². The van der Waals surface area contributed by atoms with Crippen molar-refractivity contribution >= 4 is 55.5 Å². The standard InChI is InChI=1S/C14H12BrIN2S/c1-2-3-9-13(18)12(7-17)19-14(9)10-6-8(16)4-5-11(10)15/h4-6H,2-3,18H2,1H3. The van der Waals surface area contributed by atoms with Gasteiger partial charge in [0.2, 0.25) is 0 Å². The quantitative estimate of drug-likeness (QED) is 0.659. The topological polar surface area (TPSA) is 49.8 Å². The van der Waals surface area contributed by atoms with Crippen LogP contribution in [0, 0.1) is 14.9 Å². The first-order chi connectivity index (χ1) is 9.08. The fraction of sp³-hybridized carbons (Fsp3) is 0.214. The van der Waals surface area contributed by atoms with Crippen molar-refractivity contribution in [3.05, 3.63) is 36.7 Å². The van der Waals surface area contributed by atoms with E-state index >= 15 is 0 Å².